The van der Waals surface area contributed by atoms with Gasteiger partial charge in [0, 0.05) is 24.7 Å². The molecule has 1 aliphatic heterocycles. The summed E-state index contributed by atoms with van der Waals surface area (Å²) in [4.78, 5) is 12.5. The van der Waals surface area contributed by atoms with E-state index in [1.807, 2.05) is 6.08 Å². The summed E-state index contributed by atoms with van der Waals surface area (Å²) in [5.41, 5.74) is 0.646. The molecule has 1 fully saturated rings. The van der Waals surface area contributed by atoms with E-state index < -0.39 is 10.0 Å². The molecule has 1 N–H and O–H groups in total. The zero-order chi connectivity index (χ0) is 17.0. The number of hydrogen-bond acceptors (Lipinski definition) is 3. The van der Waals surface area contributed by atoms with Crippen molar-refractivity contribution in [3.63, 3.8) is 0 Å². The number of benzene rings is 1. The van der Waals surface area contributed by atoms with Crippen molar-refractivity contribution in [1.29, 1.82) is 0 Å². The predicted molar refractivity (Wildman–Crippen MR) is 94.2 cm³/mol. The minimum Gasteiger partial charge on any atom is -0.326 e. The van der Waals surface area contributed by atoms with E-state index >= 15 is 0 Å². The molecule has 6 heteroatoms. The molecule has 1 aromatic carbocycles. The third-order valence-corrected chi connectivity index (χ3v) is 6.63. The van der Waals surface area contributed by atoms with Crippen LogP contribution in [0.15, 0.2) is 41.3 Å². The molecule has 5 nitrogen and oxygen atoms in total. The summed E-state index contributed by atoms with van der Waals surface area (Å²) in [6.07, 6.45) is 9.65. The van der Waals surface area contributed by atoms with Crippen molar-refractivity contribution in [2.45, 2.75) is 43.4 Å². The Hall–Kier alpha value is -1.66. The summed E-state index contributed by atoms with van der Waals surface area (Å²) in [7, 11) is -3.42. The first kappa shape index (κ1) is 17.2. The Morgan fingerprint density at radius 3 is 2.38 bits per heavy atom. The van der Waals surface area contributed by atoms with Crippen molar-refractivity contribution in [3.8, 4) is 0 Å². The summed E-state index contributed by atoms with van der Waals surface area (Å²) >= 11 is 0. The molecule has 2 aliphatic rings. The Bertz CT molecular complexity index is 704. The van der Waals surface area contributed by atoms with Crippen molar-refractivity contribution < 1.29 is 13.2 Å². The van der Waals surface area contributed by atoms with Gasteiger partial charge >= 0.3 is 0 Å². The Labute approximate surface area is 143 Å². The maximum absolute atomic E-state index is 12.6. The Morgan fingerprint density at radius 2 is 1.75 bits per heavy atom. The molecule has 0 bridgehead atoms. The largest absolute Gasteiger partial charge is 0.326 e. The number of carbonyl (C=O) groups excluding carboxylic acids is 1. The van der Waals surface area contributed by atoms with E-state index in [0.29, 0.717) is 23.7 Å². The van der Waals surface area contributed by atoms with E-state index in [0.717, 1.165) is 38.5 Å². The number of piperidine rings is 1. The number of rotatable bonds is 4. The van der Waals surface area contributed by atoms with Crippen LogP contribution in [0.4, 0.5) is 5.69 Å². The first-order chi connectivity index (χ1) is 11.6. The molecule has 1 atom stereocenters. The van der Waals surface area contributed by atoms with E-state index in [-0.39, 0.29) is 11.8 Å². The van der Waals surface area contributed by atoms with Crippen LogP contribution in [0.5, 0.6) is 0 Å². The zero-order valence-electron chi connectivity index (χ0n) is 13.8. The highest BCUT2D eigenvalue weighted by molar-refractivity contribution is 7.89. The Kier molecular flexibility index (Phi) is 5.36. The van der Waals surface area contributed by atoms with Crippen LogP contribution < -0.4 is 5.32 Å². The van der Waals surface area contributed by atoms with Gasteiger partial charge in [0.25, 0.3) is 0 Å². The number of carbonyl (C=O) groups is 1. The maximum Gasteiger partial charge on any atom is 0.243 e. The van der Waals surface area contributed by atoms with Crippen molar-refractivity contribution in [3.05, 3.63) is 36.4 Å². The van der Waals surface area contributed by atoms with Crippen LogP contribution in [-0.2, 0) is 14.8 Å². The van der Waals surface area contributed by atoms with Crippen LogP contribution in [0.1, 0.15) is 38.5 Å². The second-order valence-electron chi connectivity index (χ2n) is 6.46. The molecular weight excluding hydrogens is 324 g/mol. The fourth-order valence-corrected chi connectivity index (χ4v) is 4.76. The molecular formula is C18H24N2O3S. The predicted octanol–water partition coefficient (Wildman–Crippen LogP) is 3.16. The van der Waals surface area contributed by atoms with Crippen LogP contribution in [0.3, 0.4) is 0 Å². The molecule has 1 amide bonds. The molecule has 1 saturated heterocycles. The van der Waals surface area contributed by atoms with Gasteiger partial charge in [-0.05, 0) is 56.4 Å². The van der Waals surface area contributed by atoms with Crippen LogP contribution in [0.2, 0.25) is 0 Å². The molecule has 1 aromatic rings. The lowest BCUT2D eigenvalue weighted by atomic mass is 9.93. The van der Waals surface area contributed by atoms with Gasteiger partial charge in [-0.15, -0.1) is 0 Å². The Morgan fingerprint density at radius 1 is 1.04 bits per heavy atom. The van der Waals surface area contributed by atoms with Crippen molar-refractivity contribution in [2.75, 3.05) is 18.4 Å². The number of nitrogens with zero attached hydrogens (tertiary/aromatic N) is 1. The quantitative estimate of drug-likeness (QED) is 0.850. The van der Waals surface area contributed by atoms with Gasteiger partial charge in [0.1, 0.15) is 0 Å². The molecule has 24 heavy (non-hydrogen) atoms. The lowest BCUT2D eigenvalue weighted by Gasteiger charge is -2.26. The van der Waals surface area contributed by atoms with E-state index in [2.05, 4.69) is 11.4 Å². The summed E-state index contributed by atoms with van der Waals surface area (Å²) in [5, 5.41) is 2.89. The molecule has 3 rings (SSSR count). The van der Waals surface area contributed by atoms with Gasteiger partial charge in [-0.2, -0.15) is 4.31 Å². The first-order valence-electron chi connectivity index (χ1n) is 8.63. The minimum absolute atomic E-state index is 0.00554. The average molecular weight is 348 g/mol. The number of amides is 1. The second-order valence-corrected chi connectivity index (χ2v) is 8.40. The molecule has 130 valence electrons. The fraction of sp³-hybridized carbons (Fsp3) is 0.500. The smallest absolute Gasteiger partial charge is 0.243 e. The van der Waals surface area contributed by atoms with Gasteiger partial charge in [-0.1, -0.05) is 18.6 Å². The molecule has 1 aliphatic carbocycles. The van der Waals surface area contributed by atoms with Crippen LogP contribution in [-0.4, -0.2) is 31.7 Å². The topological polar surface area (TPSA) is 66.5 Å². The summed E-state index contributed by atoms with van der Waals surface area (Å²) in [6, 6.07) is 6.52. The summed E-state index contributed by atoms with van der Waals surface area (Å²) in [6.45, 7) is 1.19. The van der Waals surface area contributed by atoms with Gasteiger partial charge in [0.2, 0.25) is 15.9 Å². The zero-order valence-corrected chi connectivity index (χ0v) is 14.6. The standard InChI is InChI=1S/C18H24N2O3S/c21-18(15-7-3-1-4-8-15)19-16-9-11-17(12-10-16)24(22,23)20-13-5-2-6-14-20/h1,3,9-12,15H,2,4-8,13-14H2,(H,19,21). The second kappa shape index (κ2) is 7.49. The van der Waals surface area contributed by atoms with Gasteiger partial charge in [-0.3, -0.25) is 4.79 Å². The number of allylic oxidation sites excluding steroid dienone is 2. The molecule has 0 spiro atoms. The Balaban J connectivity index is 1.66. The highest BCUT2D eigenvalue weighted by Gasteiger charge is 2.26. The molecule has 0 aromatic heterocycles. The van der Waals surface area contributed by atoms with Crippen molar-refractivity contribution >= 4 is 21.6 Å². The summed E-state index contributed by atoms with van der Waals surface area (Å²) in [5.74, 6) is 0.0118. The minimum atomic E-state index is -3.42. The van der Waals surface area contributed by atoms with Gasteiger partial charge in [0.15, 0.2) is 0 Å². The van der Waals surface area contributed by atoms with Gasteiger partial charge < -0.3 is 5.32 Å². The normalized spacial score (nSPS) is 22.2. The summed E-state index contributed by atoms with van der Waals surface area (Å²) < 4.78 is 26.8. The van der Waals surface area contributed by atoms with E-state index in [1.54, 1.807) is 28.6 Å². The number of nitrogens with one attached hydrogen (secondary N) is 1. The van der Waals surface area contributed by atoms with Crippen LogP contribution in [0.25, 0.3) is 0 Å². The lowest BCUT2D eigenvalue weighted by Crippen LogP contribution is -2.35. The number of anilines is 1. The van der Waals surface area contributed by atoms with Crippen LogP contribution >= 0.6 is 0 Å². The molecule has 0 radical (unpaired) electrons. The van der Waals surface area contributed by atoms with E-state index in [9.17, 15) is 13.2 Å². The lowest BCUT2D eigenvalue weighted by molar-refractivity contribution is -0.120. The third kappa shape index (κ3) is 3.87. The van der Waals surface area contributed by atoms with Crippen LogP contribution in [0, 0.1) is 5.92 Å². The molecule has 1 heterocycles. The fourth-order valence-electron chi connectivity index (χ4n) is 3.24. The van der Waals surface area contributed by atoms with Crippen molar-refractivity contribution in [1.82, 2.24) is 4.31 Å². The SMILES string of the molecule is O=C(Nc1ccc(S(=O)(=O)N2CCCCC2)cc1)C1CC=CCC1. The highest BCUT2D eigenvalue weighted by Crippen LogP contribution is 2.23. The van der Waals surface area contributed by atoms with Crippen molar-refractivity contribution in [2.24, 2.45) is 5.92 Å². The molecule has 0 saturated carbocycles. The maximum atomic E-state index is 12.6. The first-order valence-corrected chi connectivity index (χ1v) is 10.1. The molecule has 1 unspecified atom stereocenters. The number of sulfonamides is 1. The third-order valence-electron chi connectivity index (χ3n) is 4.71. The van der Waals surface area contributed by atoms with E-state index in [4.69, 9.17) is 0 Å². The monoisotopic (exact) mass is 348 g/mol. The van der Waals surface area contributed by atoms with Gasteiger partial charge in [-0.25, -0.2) is 8.42 Å². The highest BCUT2D eigenvalue weighted by atomic mass is 32.2. The van der Waals surface area contributed by atoms with E-state index in [1.165, 1.54) is 0 Å². The van der Waals surface area contributed by atoms with Gasteiger partial charge in [0.05, 0.1) is 4.90 Å². The number of hydrogen-bond donors (Lipinski definition) is 1. The average Bonchev–Trinajstić information content (AvgIpc) is 2.63.